The summed E-state index contributed by atoms with van der Waals surface area (Å²) in [5, 5.41) is 11.6. The highest BCUT2D eigenvalue weighted by Gasteiger charge is 2.28. The lowest BCUT2D eigenvalue weighted by atomic mass is 10.0. The van der Waals surface area contributed by atoms with Gasteiger partial charge in [-0.15, -0.1) is 0 Å². The second-order valence-corrected chi connectivity index (χ2v) is 17.4. The average Bonchev–Trinajstić information content (AvgIpc) is 3.89. The van der Waals surface area contributed by atoms with Gasteiger partial charge in [-0.1, -0.05) is 57.9 Å². The molecule has 2 atom stereocenters. The molecule has 20 heteroatoms. The number of hydrogen-bond donors (Lipinski definition) is 5. The Balaban J connectivity index is 0.892. The summed E-state index contributed by atoms with van der Waals surface area (Å²) in [4.78, 5) is 89.1. The Bertz CT molecular complexity index is 2450. The summed E-state index contributed by atoms with van der Waals surface area (Å²) in [5.74, 6) is -0.777. The third kappa shape index (κ3) is 14.5. The van der Waals surface area contributed by atoms with Crippen molar-refractivity contribution < 1.29 is 43.0 Å². The highest BCUT2D eigenvalue weighted by atomic mass is 16.6. The van der Waals surface area contributed by atoms with Crippen LogP contribution >= 0.6 is 0 Å². The molecule has 0 radical (unpaired) electrons. The summed E-state index contributed by atoms with van der Waals surface area (Å²) < 4.78 is 19.0. The van der Waals surface area contributed by atoms with Gasteiger partial charge in [0.25, 0.3) is 11.8 Å². The third-order valence-electron chi connectivity index (χ3n) is 11.9. The summed E-state index contributed by atoms with van der Waals surface area (Å²) in [6.07, 6.45) is 7.22. The Morgan fingerprint density at radius 3 is 2.26 bits per heavy atom. The molecule has 0 aliphatic carbocycles. The van der Waals surface area contributed by atoms with Gasteiger partial charge in [-0.3, -0.25) is 33.8 Å². The Hall–Kier alpha value is -7.06. The van der Waals surface area contributed by atoms with Crippen LogP contribution in [0.5, 0.6) is 5.75 Å². The summed E-state index contributed by atoms with van der Waals surface area (Å²) in [6, 6.07) is 13.2. The van der Waals surface area contributed by atoms with Crippen LogP contribution in [0.25, 0.3) is 11.0 Å². The lowest BCUT2D eigenvalue weighted by Crippen LogP contribution is -2.53. The van der Waals surface area contributed by atoms with Crippen LogP contribution in [0.3, 0.4) is 0 Å². The number of anilines is 3. The highest BCUT2D eigenvalue weighted by Crippen LogP contribution is 2.28. The van der Waals surface area contributed by atoms with E-state index in [1.807, 2.05) is 12.3 Å². The van der Waals surface area contributed by atoms with Crippen LogP contribution in [-0.4, -0.2) is 137 Å². The van der Waals surface area contributed by atoms with Crippen LogP contribution in [-0.2, 0) is 53.1 Å². The number of hydrogen-bond acceptors (Lipinski definition) is 14. The number of piperazine rings is 1. The average molecular weight is 952 g/mol. The number of amides is 6. The van der Waals surface area contributed by atoms with Crippen molar-refractivity contribution in [2.45, 2.75) is 85.2 Å². The fraction of sp³-hybridized carbons (Fsp3) is 0.469. The quantitative estimate of drug-likeness (QED) is 0.0492. The van der Waals surface area contributed by atoms with Crippen molar-refractivity contribution >= 4 is 64.1 Å². The highest BCUT2D eigenvalue weighted by molar-refractivity contribution is 6.12. The predicted octanol–water partition coefficient (Wildman–Crippen LogP) is 4.04. The third-order valence-corrected chi connectivity index (χ3v) is 11.9. The Morgan fingerprint density at radius 1 is 0.841 bits per heavy atom. The molecule has 69 heavy (non-hydrogen) atoms. The van der Waals surface area contributed by atoms with E-state index in [2.05, 4.69) is 65.8 Å². The topological polar surface area (TPSA) is 245 Å². The van der Waals surface area contributed by atoms with Gasteiger partial charge in [0, 0.05) is 75.3 Å². The number of nitrogens with two attached hydrogens (primary N) is 1. The normalized spacial score (nSPS) is 14.8. The number of unbranched alkanes of at least 4 members (excludes halogenated alkanes) is 2. The molecule has 0 bridgehead atoms. The molecule has 370 valence electrons. The molecule has 6 N–H and O–H groups in total. The molecule has 6 rings (SSSR count). The molecule has 2 aliphatic rings. The van der Waals surface area contributed by atoms with Gasteiger partial charge in [0.1, 0.15) is 30.0 Å². The van der Waals surface area contributed by atoms with Gasteiger partial charge in [0.2, 0.25) is 23.7 Å². The molecule has 6 amide bonds. The van der Waals surface area contributed by atoms with E-state index >= 15 is 0 Å². The maximum atomic E-state index is 13.1. The molecule has 20 nitrogen and oxygen atoms in total. The zero-order valence-electron chi connectivity index (χ0n) is 40.1. The van der Waals surface area contributed by atoms with E-state index in [1.165, 1.54) is 19.1 Å². The van der Waals surface area contributed by atoms with Gasteiger partial charge >= 0.3 is 6.09 Å². The zero-order valence-corrected chi connectivity index (χ0v) is 40.1. The minimum Gasteiger partial charge on any atom is -0.496 e. The van der Waals surface area contributed by atoms with E-state index in [9.17, 15) is 28.8 Å². The molecule has 0 spiro atoms. The molecule has 4 heterocycles. The first kappa shape index (κ1) is 51.3. The number of benzene rings is 2. The maximum absolute atomic E-state index is 13.1. The first-order chi connectivity index (χ1) is 33.2. The molecule has 1 saturated heterocycles. The predicted molar refractivity (Wildman–Crippen MR) is 260 cm³/mol. The number of imide groups is 1. The van der Waals surface area contributed by atoms with Gasteiger partial charge in [0.05, 0.1) is 38.9 Å². The summed E-state index contributed by atoms with van der Waals surface area (Å²) in [7, 11) is 1.68. The molecule has 0 saturated carbocycles. The second-order valence-electron chi connectivity index (χ2n) is 17.4. The van der Waals surface area contributed by atoms with Gasteiger partial charge < -0.3 is 50.7 Å². The van der Waals surface area contributed by atoms with Gasteiger partial charge in [-0.2, -0.15) is 4.98 Å². The van der Waals surface area contributed by atoms with Crippen molar-refractivity contribution in [2.24, 2.45) is 5.92 Å². The number of fused-ring (bicyclic) bond motifs is 1. The van der Waals surface area contributed by atoms with Crippen molar-refractivity contribution in [2.75, 3.05) is 76.0 Å². The second kappa shape index (κ2) is 24.8. The largest absolute Gasteiger partial charge is 0.496 e. The number of carbonyl (C=O) groups excluding carboxylic acids is 6. The van der Waals surface area contributed by atoms with Gasteiger partial charge in [0.15, 0.2) is 5.82 Å². The van der Waals surface area contributed by atoms with Crippen molar-refractivity contribution in [3.05, 3.63) is 83.6 Å². The van der Waals surface area contributed by atoms with Crippen LogP contribution in [0.4, 0.5) is 22.2 Å². The van der Waals surface area contributed by atoms with Crippen LogP contribution in [0, 0.1) is 5.92 Å². The Kier molecular flexibility index (Phi) is 18.5. The maximum Gasteiger partial charge on any atom is 0.410 e. The number of ether oxygens (including phenoxy) is 3. The monoisotopic (exact) mass is 951 g/mol. The standard InChI is InChI=1S/C49H65N11O9/c1-6-7-8-19-51-45-44-38(54-48(50)56-45)17-20-59(44)30-36-12-9-35(28-39(36)67-5)29-57-21-23-58(24-22-57)49(66)69-31-34-10-13-37(14-11-34)53-46(64)33(4)52-47(65)43(32(2)3)55-40(61)18-26-68-27-25-60-41(62)15-16-42(60)63/h9-17,20,28,32-33,43H,6-8,18-19,21-27,29-31H2,1-5H3,(H,52,65)(H,53,64)(H,55,61)(H3,50,51,54,56)/t33-,43-/m0/s1. The first-order valence-corrected chi connectivity index (χ1v) is 23.5. The molecule has 4 aromatic rings. The minimum absolute atomic E-state index is 0.0246. The van der Waals surface area contributed by atoms with E-state index in [1.54, 1.807) is 50.1 Å². The molecule has 2 aromatic heterocycles. The van der Waals surface area contributed by atoms with Crippen molar-refractivity contribution in [3.8, 4) is 5.75 Å². The first-order valence-electron chi connectivity index (χ1n) is 23.5. The molecular weight excluding hydrogens is 887 g/mol. The lowest BCUT2D eigenvalue weighted by molar-refractivity contribution is -0.138. The zero-order chi connectivity index (χ0) is 49.5. The summed E-state index contributed by atoms with van der Waals surface area (Å²) in [5.41, 5.74) is 11.0. The lowest BCUT2D eigenvalue weighted by Gasteiger charge is -2.34. The molecule has 2 aromatic carbocycles. The van der Waals surface area contributed by atoms with Gasteiger partial charge in [-0.05, 0) is 54.7 Å². The number of nitrogens with one attached hydrogen (secondary N) is 4. The number of methoxy groups -OCH3 is 1. The number of aromatic nitrogens is 3. The van der Waals surface area contributed by atoms with E-state index in [0.717, 1.165) is 70.0 Å². The van der Waals surface area contributed by atoms with Crippen molar-refractivity contribution in [1.82, 2.24) is 39.9 Å². The molecular formula is C49H65N11O9. The van der Waals surface area contributed by atoms with Crippen LogP contribution in [0.1, 0.15) is 70.1 Å². The molecule has 0 unspecified atom stereocenters. The fourth-order valence-electron chi connectivity index (χ4n) is 7.90. The Morgan fingerprint density at radius 2 is 1.57 bits per heavy atom. The number of rotatable bonds is 24. The minimum atomic E-state index is -0.926. The summed E-state index contributed by atoms with van der Waals surface area (Å²) in [6.45, 7) is 11.9. The van der Waals surface area contributed by atoms with Crippen molar-refractivity contribution in [3.63, 3.8) is 0 Å². The smallest absolute Gasteiger partial charge is 0.410 e. The van der Waals surface area contributed by atoms with E-state index in [0.29, 0.717) is 45.0 Å². The fourth-order valence-corrected chi connectivity index (χ4v) is 7.90. The number of carbonyl (C=O) groups is 6. The van der Waals surface area contributed by atoms with E-state index < -0.39 is 47.7 Å². The van der Waals surface area contributed by atoms with Crippen LogP contribution < -0.4 is 31.7 Å². The van der Waals surface area contributed by atoms with Gasteiger partial charge in [-0.25, -0.2) is 9.78 Å². The number of nitrogens with zero attached hydrogens (tertiary/aromatic N) is 6. The molecule has 2 aliphatic heterocycles. The van der Waals surface area contributed by atoms with E-state index in [4.69, 9.17) is 19.9 Å². The van der Waals surface area contributed by atoms with Crippen LogP contribution in [0.2, 0.25) is 0 Å². The van der Waals surface area contributed by atoms with Crippen molar-refractivity contribution in [1.29, 1.82) is 0 Å². The Labute approximate surface area is 402 Å². The molecule has 1 fully saturated rings. The number of nitrogen functional groups attached to an aromatic ring is 1. The summed E-state index contributed by atoms with van der Waals surface area (Å²) >= 11 is 0. The van der Waals surface area contributed by atoms with Crippen LogP contribution in [0.15, 0.2) is 66.9 Å². The SMILES string of the molecule is CCCCCNc1nc(N)nc2ccn(Cc3ccc(CN4CCN(C(=O)OCc5ccc(NC(=O)[C@H](C)NC(=O)[C@@H](NC(=O)CCOCCN6C(=O)C=CC6=O)C(C)C)cc5)CC4)cc3OC)c12. The van der Waals surface area contributed by atoms with E-state index in [-0.39, 0.29) is 44.7 Å².